The Morgan fingerprint density at radius 3 is 2.44 bits per heavy atom. The van der Waals surface area contributed by atoms with Crippen molar-refractivity contribution in [1.82, 2.24) is 4.98 Å². The zero-order valence-corrected chi connectivity index (χ0v) is 18.2. The standard InChI is InChI=1S/C29H25FN2/c1-2-3-4-5-23-11-17-28(32-20-23)26-15-16-27-25(18-26)14-13-24(29(27)30)12-10-21-6-8-22(19-31)9-7-21/h2-3,6-9,11,13-18,20H,4-5,10,12H2,1H3/b3-2+. The van der Waals surface area contributed by atoms with Crippen LogP contribution < -0.4 is 0 Å². The summed E-state index contributed by atoms with van der Waals surface area (Å²) in [4.78, 5) is 4.61. The summed E-state index contributed by atoms with van der Waals surface area (Å²) in [6.45, 7) is 2.03. The van der Waals surface area contributed by atoms with E-state index in [9.17, 15) is 0 Å². The van der Waals surface area contributed by atoms with Crippen molar-refractivity contribution < 1.29 is 4.39 Å². The van der Waals surface area contributed by atoms with Gasteiger partial charge in [0.2, 0.25) is 0 Å². The van der Waals surface area contributed by atoms with Crippen LogP contribution in [0.1, 0.15) is 35.6 Å². The average molecular weight is 421 g/mol. The molecule has 0 aliphatic heterocycles. The molecule has 32 heavy (non-hydrogen) atoms. The second-order valence-corrected chi connectivity index (χ2v) is 7.94. The zero-order chi connectivity index (χ0) is 22.3. The van der Waals surface area contributed by atoms with Crippen molar-refractivity contribution in [2.75, 3.05) is 0 Å². The van der Waals surface area contributed by atoms with Gasteiger partial charge in [-0.2, -0.15) is 5.26 Å². The Morgan fingerprint density at radius 2 is 1.72 bits per heavy atom. The van der Waals surface area contributed by atoms with Crippen molar-refractivity contribution in [3.05, 3.63) is 113 Å². The van der Waals surface area contributed by atoms with E-state index in [1.54, 1.807) is 12.1 Å². The van der Waals surface area contributed by atoms with Crippen molar-refractivity contribution >= 4 is 10.8 Å². The van der Waals surface area contributed by atoms with Gasteiger partial charge in [-0.1, -0.05) is 54.6 Å². The van der Waals surface area contributed by atoms with E-state index in [0.29, 0.717) is 22.9 Å². The lowest BCUT2D eigenvalue weighted by atomic mass is 9.98. The number of nitrogens with zero attached hydrogens (tertiary/aromatic N) is 2. The Balaban J connectivity index is 1.50. The molecule has 0 unspecified atom stereocenters. The number of hydrogen-bond donors (Lipinski definition) is 0. The maximum Gasteiger partial charge on any atom is 0.134 e. The van der Waals surface area contributed by atoms with Gasteiger partial charge in [0.25, 0.3) is 0 Å². The smallest absolute Gasteiger partial charge is 0.134 e. The van der Waals surface area contributed by atoms with Crippen molar-refractivity contribution in [2.45, 2.75) is 32.6 Å². The van der Waals surface area contributed by atoms with Crippen LogP contribution in [0, 0.1) is 17.1 Å². The van der Waals surface area contributed by atoms with Crippen molar-refractivity contribution in [2.24, 2.45) is 0 Å². The van der Waals surface area contributed by atoms with Gasteiger partial charge < -0.3 is 0 Å². The first-order valence-corrected chi connectivity index (χ1v) is 10.9. The van der Waals surface area contributed by atoms with Gasteiger partial charge in [0, 0.05) is 17.1 Å². The van der Waals surface area contributed by atoms with E-state index in [4.69, 9.17) is 5.26 Å². The average Bonchev–Trinajstić information content (AvgIpc) is 2.84. The summed E-state index contributed by atoms with van der Waals surface area (Å²) < 4.78 is 15.2. The Morgan fingerprint density at radius 1 is 0.906 bits per heavy atom. The number of aromatic nitrogens is 1. The van der Waals surface area contributed by atoms with E-state index >= 15 is 4.39 Å². The second kappa shape index (κ2) is 10.0. The van der Waals surface area contributed by atoms with Gasteiger partial charge in [-0.15, -0.1) is 0 Å². The van der Waals surface area contributed by atoms with Crippen LogP contribution >= 0.6 is 0 Å². The van der Waals surface area contributed by atoms with Crippen LogP contribution in [0.5, 0.6) is 0 Å². The molecule has 3 aromatic carbocycles. The predicted octanol–water partition coefficient (Wildman–Crippen LogP) is 7.21. The molecule has 0 aliphatic carbocycles. The molecule has 3 heteroatoms. The molecule has 0 bridgehead atoms. The third-order valence-electron chi connectivity index (χ3n) is 5.76. The molecule has 158 valence electrons. The largest absolute Gasteiger partial charge is 0.256 e. The van der Waals surface area contributed by atoms with E-state index in [1.807, 2.05) is 61.7 Å². The Labute approximate surface area is 188 Å². The van der Waals surface area contributed by atoms with Crippen LogP contribution in [0.4, 0.5) is 4.39 Å². The fraction of sp³-hybridized carbons (Fsp3) is 0.172. The van der Waals surface area contributed by atoms with Gasteiger partial charge in [0.05, 0.1) is 17.3 Å². The van der Waals surface area contributed by atoms with Crippen LogP contribution in [-0.2, 0) is 19.3 Å². The van der Waals surface area contributed by atoms with Crippen LogP contribution in [0.25, 0.3) is 22.0 Å². The number of nitriles is 1. The lowest BCUT2D eigenvalue weighted by Gasteiger charge is -2.09. The van der Waals surface area contributed by atoms with E-state index in [1.165, 1.54) is 5.56 Å². The minimum absolute atomic E-state index is 0.157. The third-order valence-corrected chi connectivity index (χ3v) is 5.76. The summed E-state index contributed by atoms with van der Waals surface area (Å²) in [5, 5.41) is 10.4. The van der Waals surface area contributed by atoms with Crippen molar-refractivity contribution in [3.8, 4) is 17.3 Å². The monoisotopic (exact) mass is 420 g/mol. The molecule has 2 nitrogen and oxygen atoms in total. The van der Waals surface area contributed by atoms with E-state index in [-0.39, 0.29) is 5.82 Å². The van der Waals surface area contributed by atoms with Gasteiger partial charge in [0.15, 0.2) is 0 Å². The number of hydrogen-bond acceptors (Lipinski definition) is 2. The highest BCUT2D eigenvalue weighted by Gasteiger charge is 2.10. The number of pyridine rings is 1. The molecule has 0 radical (unpaired) electrons. The highest BCUT2D eigenvalue weighted by Crippen LogP contribution is 2.27. The number of aryl methyl sites for hydroxylation is 3. The van der Waals surface area contributed by atoms with Gasteiger partial charge in [-0.25, -0.2) is 4.39 Å². The van der Waals surface area contributed by atoms with Crippen LogP contribution in [-0.4, -0.2) is 4.98 Å². The fourth-order valence-corrected chi connectivity index (χ4v) is 3.87. The lowest BCUT2D eigenvalue weighted by Crippen LogP contribution is -1.96. The Bertz CT molecular complexity index is 1280. The first-order chi connectivity index (χ1) is 15.7. The molecule has 4 rings (SSSR count). The van der Waals surface area contributed by atoms with E-state index in [0.717, 1.165) is 41.5 Å². The van der Waals surface area contributed by atoms with Gasteiger partial charge in [0.1, 0.15) is 5.82 Å². The summed E-state index contributed by atoms with van der Waals surface area (Å²) in [6, 6.07) is 23.4. The molecule has 0 spiro atoms. The molecule has 1 aromatic heterocycles. The Kier molecular flexibility index (Phi) is 6.72. The van der Waals surface area contributed by atoms with Gasteiger partial charge >= 0.3 is 0 Å². The summed E-state index contributed by atoms with van der Waals surface area (Å²) in [7, 11) is 0. The quantitative estimate of drug-likeness (QED) is 0.296. The molecule has 4 aromatic rings. The number of rotatable bonds is 7. The zero-order valence-electron chi connectivity index (χ0n) is 18.2. The van der Waals surface area contributed by atoms with Crippen molar-refractivity contribution in [3.63, 3.8) is 0 Å². The molecule has 0 atom stereocenters. The van der Waals surface area contributed by atoms with Gasteiger partial charge in [-0.05, 0) is 78.9 Å². The summed E-state index contributed by atoms with van der Waals surface area (Å²) in [5.74, 6) is -0.157. The topological polar surface area (TPSA) is 36.7 Å². The fourth-order valence-electron chi connectivity index (χ4n) is 3.87. The second-order valence-electron chi connectivity index (χ2n) is 7.94. The highest BCUT2D eigenvalue weighted by atomic mass is 19.1. The first kappa shape index (κ1) is 21.5. The van der Waals surface area contributed by atoms with Crippen LogP contribution in [0.3, 0.4) is 0 Å². The maximum absolute atomic E-state index is 15.2. The normalized spacial score (nSPS) is 11.2. The minimum Gasteiger partial charge on any atom is -0.256 e. The predicted molar refractivity (Wildman–Crippen MR) is 129 cm³/mol. The lowest BCUT2D eigenvalue weighted by molar-refractivity contribution is 0.620. The third kappa shape index (κ3) is 4.92. The first-order valence-electron chi connectivity index (χ1n) is 10.9. The number of benzene rings is 3. The number of halogens is 1. The van der Waals surface area contributed by atoms with E-state index < -0.39 is 0 Å². The van der Waals surface area contributed by atoms with Gasteiger partial charge in [-0.3, -0.25) is 4.98 Å². The number of allylic oxidation sites excluding steroid dienone is 2. The molecular weight excluding hydrogens is 395 g/mol. The molecule has 0 fully saturated rings. The Hall–Kier alpha value is -3.77. The summed E-state index contributed by atoms with van der Waals surface area (Å²) in [5.41, 5.74) is 5.54. The molecule has 0 saturated heterocycles. The van der Waals surface area contributed by atoms with Crippen LogP contribution in [0.2, 0.25) is 0 Å². The summed E-state index contributed by atoms with van der Waals surface area (Å²) in [6.07, 6.45) is 9.49. The minimum atomic E-state index is -0.157. The molecule has 0 saturated carbocycles. The van der Waals surface area contributed by atoms with Crippen molar-refractivity contribution in [1.29, 1.82) is 5.26 Å². The molecule has 1 heterocycles. The van der Waals surface area contributed by atoms with Crippen LogP contribution in [0.15, 0.2) is 85.1 Å². The highest BCUT2D eigenvalue weighted by molar-refractivity contribution is 5.88. The molecule has 0 aliphatic rings. The molecular formula is C29H25FN2. The maximum atomic E-state index is 15.2. The number of fused-ring (bicyclic) bond motifs is 1. The van der Waals surface area contributed by atoms with E-state index in [2.05, 4.69) is 29.3 Å². The summed E-state index contributed by atoms with van der Waals surface area (Å²) >= 11 is 0. The molecule has 0 amide bonds. The molecule has 0 N–H and O–H groups in total. The SMILES string of the molecule is C/C=C/CCc1ccc(-c2ccc3c(F)c(CCc4ccc(C#N)cc4)ccc3c2)nc1.